The number of carbonyl (C=O) groups is 2. The van der Waals surface area contributed by atoms with Crippen molar-refractivity contribution in [2.24, 2.45) is 5.92 Å². The molecular formula is C24H32F6N4O4. The van der Waals surface area contributed by atoms with Crippen LogP contribution in [-0.4, -0.2) is 86.6 Å². The maximum absolute atomic E-state index is 10.6. The van der Waals surface area contributed by atoms with E-state index in [-0.39, 0.29) is 0 Å². The van der Waals surface area contributed by atoms with E-state index >= 15 is 0 Å². The van der Waals surface area contributed by atoms with Gasteiger partial charge in [0, 0.05) is 44.5 Å². The fourth-order valence-corrected chi connectivity index (χ4v) is 3.69. The average Bonchev–Trinajstić information content (AvgIpc) is 3.20. The van der Waals surface area contributed by atoms with Gasteiger partial charge in [0.05, 0.1) is 6.54 Å². The number of carboxylic acid groups (broad SMARTS) is 2. The lowest BCUT2D eigenvalue weighted by Gasteiger charge is -2.28. The highest BCUT2D eigenvalue weighted by Gasteiger charge is 2.38. The molecule has 0 fully saturated rings. The Bertz CT molecular complexity index is 954. The third kappa shape index (κ3) is 12.4. The van der Waals surface area contributed by atoms with E-state index in [1.165, 1.54) is 17.9 Å². The number of benzene rings is 1. The number of hydrogen-bond donors (Lipinski definition) is 2. The van der Waals surface area contributed by atoms with Crippen LogP contribution in [0, 0.1) is 5.92 Å². The van der Waals surface area contributed by atoms with E-state index in [1.54, 1.807) is 0 Å². The second-order valence-corrected chi connectivity index (χ2v) is 8.42. The molecule has 0 radical (unpaired) electrons. The van der Waals surface area contributed by atoms with Crippen LogP contribution < -0.4 is 0 Å². The lowest BCUT2D eigenvalue weighted by atomic mass is 10.1. The largest absolute Gasteiger partial charge is 0.490 e. The number of aliphatic carboxylic acids is 2. The molecule has 1 aliphatic rings. The first-order valence-electron chi connectivity index (χ1n) is 11.8. The van der Waals surface area contributed by atoms with Crippen molar-refractivity contribution in [3.63, 3.8) is 0 Å². The van der Waals surface area contributed by atoms with Gasteiger partial charge in [0.2, 0.25) is 0 Å². The van der Waals surface area contributed by atoms with Gasteiger partial charge in [-0.1, -0.05) is 44.2 Å². The molecule has 2 heterocycles. The standard InChI is InChI=1S/C20H30N4.2C2HF3O2/c1-3-22(4-2)14-19-15-23(12-10-18-8-6-5-7-9-18)17-20-21-11-13-24(20)16-19;2*3-2(4,5)1(6)7/h5-9,11,13,19H,3-4,10,12,14-17H2,1-2H3;2*(H,6,7). The van der Waals surface area contributed by atoms with Gasteiger partial charge >= 0.3 is 24.3 Å². The lowest BCUT2D eigenvalue weighted by Crippen LogP contribution is -2.37. The summed E-state index contributed by atoms with van der Waals surface area (Å²) in [4.78, 5) is 27.5. The lowest BCUT2D eigenvalue weighted by molar-refractivity contribution is -0.193. The van der Waals surface area contributed by atoms with E-state index in [9.17, 15) is 26.3 Å². The average molecular weight is 555 g/mol. The fourth-order valence-electron chi connectivity index (χ4n) is 3.69. The smallest absolute Gasteiger partial charge is 0.475 e. The van der Waals surface area contributed by atoms with Crippen LogP contribution in [0.5, 0.6) is 0 Å². The number of halogens is 6. The van der Waals surface area contributed by atoms with Gasteiger partial charge in [-0.25, -0.2) is 14.6 Å². The summed E-state index contributed by atoms with van der Waals surface area (Å²) >= 11 is 0. The van der Waals surface area contributed by atoms with Crippen molar-refractivity contribution in [2.75, 3.05) is 32.7 Å². The van der Waals surface area contributed by atoms with Crippen molar-refractivity contribution in [1.82, 2.24) is 19.4 Å². The summed E-state index contributed by atoms with van der Waals surface area (Å²) in [5.74, 6) is -3.64. The van der Waals surface area contributed by atoms with Crippen LogP contribution in [0.1, 0.15) is 25.2 Å². The van der Waals surface area contributed by atoms with Crippen LogP contribution in [0.3, 0.4) is 0 Å². The van der Waals surface area contributed by atoms with Gasteiger partial charge < -0.3 is 19.7 Å². The second-order valence-electron chi connectivity index (χ2n) is 8.42. The molecule has 3 rings (SSSR count). The molecule has 1 aliphatic heterocycles. The molecule has 0 amide bonds. The summed E-state index contributed by atoms with van der Waals surface area (Å²) in [6.45, 7) is 12.3. The quantitative estimate of drug-likeness (QED) is 0.496. The number of rotatable bonds is 7. The summed E-state index contributed by atoms with van der Waals surface area (Å²) in [5.41, 5.74) is 1.42. The molecule has 14 heteroatoms. The molecule has 0 bridgehead atoms. The molecule has 8 nitrogen and oxygen atoms in total. The van der Waals surface area contributed by atoms with Crippen molar-refractivity contribution in [1.29, 1.82) is 0 Å². The molecule has 38 heavy (non-hydrogen) atoms. The first kappa shape index (κ1) is 32.9. The molecule has 2 aromatic rings. The van der Waals surface area contributed by atoms with Gasteiger partial charge in [-0.15, -0.1) is 0 Å². The van der Waals surface area contributed by atoms with Crippen LogP contribution in [-0.2, 0) is 29.1 Å². The minimum atomic E-state index is -5.08. The van der Waals surface area contributed by atoms with Crippen LogP contribution >= 0.6 is 0 Å². The van der Waals surface area contributed by atoms with Gasteiger partial charge in [0.15, 0.2) is 0 Å². The number of carboxylic acids is 2. The molecule has 0 aliphatic carbocycles. The summed E-state index contributed by atoms with van der Waals surface area (Å²) in [6, 6.07) is 10.8. The van der Waals surface area contributed by atoms with Crippen molar-refractivity contribution in [3.05, 3.63) is 54.1 Å². The molecule has 1 aromatic heterocycles. The van der Waals surface area contributed by atoms with Gasteiger partial charge in [0.1, 0.15) is 5.82 Å². The number of aromatic nitrogens is 2. The fraction of sp³-hybridized carbons (Fsp3) is 0.542. The molecule has 0 saturated carbocycles. The number of imidazole rings is 1. The SMILES string of the molecule is CCN(CC)CC1CN(CCc2ccccc2)Cc2nccn2C1.O=C(O)C(F)(F)F.O=C(O)C(F)(F)F. The highest BCUT2D eigenvalue weighted by atomic mass is 19.4. The normalized spacial score (nSPS) is 15.9. The number of nitrogens with zero attached hydrogens (tertiary/aromatic N) is 4. The van der Waals surface area contributed by atoms with Gasteiger partial charge in [-0.2, -0.15) is 26.3 Å². The Labute approximate surface area is 216 Å². The van der Waals surface area contributed by atoms with Crippen molar-refractivity contribution < 1.29 is 46.1 Å². The van der Waals surface area contributed by atoms with E-state index in [0.717, 1.165) is 45.7 Å². The Morgan fingerprint density at radius 1 is 0.974 bits per heavy atom. The molecule has 0 spiro atoms. The zero-order valence-corrected chi connectivity index (χ0v) is 21.0. The van der Waals surface area contributed by atoms with Crippen LogP contribution in [0.25, 0.3) is 0 Å². The third-order valence-electron chi connectivity index (χ3n) is 5.59. The van der Waals surface area contributed by atoms with E-state index in [2.05, 4.69) is 69.7 Å². The van der Waals surface area contributed by atoms with Gasteiger partial charge in [0.25, 0.3) is 0 Å². The third-order valence-corrected chi connectivity index (χ3v) is 5.59. The van der Waals surface area contributed by atoms with Crippen LogP contribution in [0.15, 0.2) is 42.7 Å². The van der Waals surface area contributed by atoms with E-state index < -0.39 is 24.3 Å². The molecule has 0 saturated heterocycles. The van der Waals surface area contributed by atoms with Crippen molar-refractivity contribution in [2.45, 2.75) is 45.7 Å². The Morgan fingerprint density at radius 3 is 1.97 bits per heavy atom. The van der Waals surface area contributed by atoms with E-state index in [1.807, 2.05) is 6.20 Å². The number of alkyl halides is 6. The summed E-state index contributed by atoms with van der Waals surface area (Å²) in [6.07, 6.45) is -4.96. The highest BCUT2D eigenvalue weighted by molar-refractivity contribution is 5.73. The van der Waals surface area contributed by atoms with E-state index in [4.69, 9.17) is 19.8 Å². The maximum Gasteiger partial charge on any atom is 0.490 e. The molecule has 1 unspecified atom stereocenters. The molecule has 214 valence electrons. The monoisotopic (exact) mass is 554 g/mol. The summed E-state index contributed by atoms with van der Waals surface area (Å²) in [5, 5.41) is 14.2. The first-order chi connectivity index (χ1) is 17.7. The topological polar surface area (TPSA) is 98.9 Å². The highest BCUT2D eigenvalue weighted by Crippen LogP contribution is 2.17. The summed E-state index contributed by atoms with van der Waals surface area (Å²) in [7, 11) is 0. The first-order valence-corrected chi connectivity index (χ1v) is 11.8. The molecule has 2 N–H and O–H groups in total. The Hall–Kier alpha value is -3.13. The van der Waals surface area contributed by atoms with Crippen LogP contribution in [0.2, 0.25) is 0 Å². The Morgan fingerprint density at radius 2 is 1.50 bits per heavy atom. The predicted octanol–water partition coefficient (Wildman–Crippen LogP) is 4.17. The minimum Gasteiger partial charge on any atom is -0.475 e. The zero-order chi connectivity index (χ0) is 28.9. The Kier molecular flexibility index (Phi) is 13.3. The maximum atomic E-state index is 10.6. The molecule has 1 aromatic carbocycles. The van der Waals surface area contributed by atoms with Crippen LogP contribution in [0.4, 0.5) is 26.3 Å². The van der Waals surface area contributed by atoms with Crippen molar-refractivity contribution >= 4 is 11.9 Å². The minimum absolute atomic E-state index is 0.663. The number of fused-ring (bicyclic) bond motifs is 1. The van der Waals surface area contributed by atoms with E-state index in [0.29, 0.717) is 5.92 Å². The van der Waals surface area contributed by atoms with Gasteiger partial charge in [-0.05, 0) is 25.1 Å². The van der Waals surface area contributed by atoms with Gasteiger partial charge in [-0.3, -0.25) is 4.90 Å². The second kappa shape index (κ2) is 15.3. The number of hydrogen-bond acceptors (Lipinski definition) is 5. The Balaban J connectivity index is 0.000000426. The van der Waals surface area contributed by atoms with Crippen molar-refractivity contribution in [3.8, 4) is 0 Å². The summed E-state index contributed by atoms with van der Waals surface area (Å²) < 4.78 is 65.8. The zero-order valence-electron chi connectivity index (χ0n) is 21.0. The predicted molar refractivity (Wildman–Crippen MR) is 126 cm³/mol. The molecular weight excluding hydrogens is 522 g/mol. The molecule has 1 atom stereocenters.